The number of carbonyl (C=O) groups is 8. The largest absolute Gasteiger partial charge is 0.457 e. The van der Waals surface area contributed by atoms with Crippen molar-refractivity contribution in [2.45, 2.75) is 140 Å². The lowest BCUT2D eigenvalue weighted by Gasteiger charge is -2.41. The number of nitrogens with one attached hydrogen (secondary N) is 1. The maximum Gasteiger partial charge on any atom is 0.409 e. The minimum absolute atomic E-state index is 0.00794. The van der Waals surface area contributed by atoms with Gasteiger partial charge in [-0.2, -0.15) is 0 Å². The Morgan fingerprint density at radius 2 is 1.70 bits per heavy atom. The molecule has 18 nitrogen and oxygen atoms in total. The van der Waals surface area contributed by atoms with Crippen LogP contribution in [-0.2, 0) is 63.8 Å². The molecule has 2 unspecified atom stereocenters. The summed E-state index contributed by atoms with van der Waals surface area (Å²) in [7, 11) is 1.61. The molecule has 0 radical (unpaired) electrons. The molecule has 69 heavy (non-hydrogen) atoms. The monoisotopic (exact) mass is 998 g/mol. The number of epoxide rings is 1. The van der Waals surface area contributed by atoms with Crippen molar-refractivity contribution in [2.24, 2.45) is 23.7 Å². The molecule has 6 aliphatic rings. The number of carbonyl (C=O) groups excluding carboxylic acids is 8. The highest BCUT2D eigenvalue weighted by Crippen LogP contribution is 2.49. The highest BCUT2D eigenvalue weighted by atomic mass is 35.5. The van der Waals surface area contributed by atoms with Crippen LogP contribution in [0.25, 0.3) is 0 Å². The third-order valence-electron chi connectivity index (χ3n) is 14.3. The van der Waals surface area contributed by atoms with Crippen LogP contribution in [0.4, 0.5) is 10.5 Å². The van der Waals surface area contributed by atoms with Gasteiger partial charge in [0, 0.05) is 57.7 Å². The number of thioether (sulfide) groups is 1. The van der Waals surface area contributed by atoms with Crippen molar-refractivity contribution in [1.29, 1.82) is 0 Å². The number of hydrogen-bond donors (Lipinski definition) is 2. The minimum Gasteiger partial charge on any atom is -0.457 e. The Bertz CT molecular complexity index is 2270. The number of halogens is 1. The first-order chi connectivity index (χ1) is 32.7. The van der Waals surface area contributed by atoms with Gasteiger partial charge in [0.2, 0.25) is 17.7 Å². The van der Waals surface area contributed by atoms with Crippen LogP contribution in [0.2, 0.25) is 5.02 Å². The van der Waals surface area contributed by atoms with Gasteiger partial charge in [-0.3, -0.25) is 34.2 Å². The fourth-order valence-corrected chi connectivity index (χ4v) is 11.3. The number of amides is 6. The van der Waals surface area contributed by atoms with Gasteiger partial charge in [-0.1, -0.05) is 55.3 Å². The number of nitrogens with zero attached hydrogens (tertiary/aromatic N) is 3. The summed E-state index contributed by atoms with van der Waals surface area (Å²) in [6.45, 7) is 9.16. The second-order valence-electron chi connectivity index (χ2n) is 19.5. The van der Waals surface area contributed by atoms with Crippen LogP contribution in [0.15, 0.2) is 35.9 Å². The average molecular weight is 1000 g/mol. The molecular weight excluding hydrogens is 936 g/mol. The van der Waals surface area contributed by atoms with Crippen LogP contribution >= 0.6 is 23.4 Å². The Kier molecular flexibility index (Phi) is 16.3. The highest BCUT2D eigenvalue weighted by Gasteiger charge is 2.64. The van der Waals surface area contributed by atoms with E-state index in [1.807, 2.05) is 51.1 Å². The van der Waals surface area contributed by atoms with Gasteiger partial charge >= 0.3 is 18.0 Å². The van der Waals surface area contributed by atoms with E-state index in [9.17, 15) is 43.5 Å². The quantitative estimate of drug-likeness (QED) is 0.118. The fourth-order valence-electron chi connectivity index (χ4n) is 9.92. The molecule has 20 heteroatoms. The number of alkyl carbamates (subject to hydrolysis) is 1. The molecule has 0 aromatic heterocycles. The second kappa shape index (κ2) is 21.7. The van der Waals surface area contributed by atoms with Gasteiger partial charge < -0.3 is 33.8 Å². The van der Waals surface area contributed by atoms with Crippen LogP contribution in [0.1, 0.15) is 103 Å². The average Bonchev–Trinajstić information content (AvgIpc) is 3.81. The summed E-state index contributed by atoms with van der Waals surface area (Å²) in [5.74, 6) is -4.32. The number of fused-ring (bicyclic) bond motifs is 5. The molecular formula is C49H63ClN4O14S. The number of aliphatic hydroxyl groups is 1. The van der Waals surface area contributed by atoms with Gasteiger partial charge in [-0.05, 0) is 88.2 Å². The van der Waals surface area contributed by atoms with E-state index in [1.165, 1.54) is 21.6 Å². The molecule has 5 aliphatic heterocycles. The lowest BCUT2D eigenvalue weighted by atomic mass is 9.82. The summed E-state index contributed by atoms with van der Waals surface area (Å²) in [6.07, 6.45) is 5.27. The predicted octanol–water partition coefficient (Wildman–Crippen LogP) is 5.27. The van der Waals surface area contributed by atoms with E-state index in [0.717, 1.165) is 16.7 Å². The van der Waals surface area contributed by atoms with Crippen molar-refractivity contribution < 1.29 is 67.2 Å². The number of ether oxygens (including phenoxy) is 4. The number of benzene rings is 1. The van der Waals surface area contributed by atoms with Gasteiger partial charge in [0.15, 0.2) is 0 Å². The number of hydrogen-bond acceptors (Lipinski definition) is 15. The number of anilines is 1. The number of rotatable bonds is 12. The zero-order chi connectivity index (χ0) is 49.9. The summed E-state index contributed by atoms with van der Waals surface area (Å²) < 4.78 is 23.7. The Morgan fingerprint density at radius 3 is 2.41 bits per heavy atom. The van der Waals surface area contributed by atoms with E-state index < -0.39 is 95.0 Å². The molecule has 6 amide bonds. The third-order valence-corrected chi connectivity index (χ3v) is 16.1. The topological polar surface area (TPSA) is 228 Å². The van der Waals surface area contributed by atoms with Gasteiger partial charge in [-0.25, -0.2) is 14.4 Å². The lowest BCUT2D eigenvalue weighted by molar-refractivity contribution is -0.201. The molecule has 1 saturated carbocycles. The molecule has 2 N–H and O–H groups in total. The van der Waals surface area contributed by atoms with Gasteiger partial charge in [0.1, 0.15) is 30.1 Å². The van der Waals surface area contributed by atoms with Crippen LogP contribution in [0, 0.1) is 30.6 Å². The number of hydroxylamine groups is 2. The summed E-state index contributed by atoms with van der Waals surface area (Å²) in [4.78, 5) is 111. The highest BCUT2D eigenvalue weighted by molar-refractivity contribution is 8.00. The van der Waals surface area contributed by atoms with Crippen molar-refractivity contribution in [3.8, 4) is 0 Å². The predicted molar refractivity (Wildman–Crippen MR) is 251 cm³/mol. The van der Waals surface area contributed by atoms with Crippen LogP contribution in [0.5, 0.6) is 0 Å². The summed E-state index contributed by atoms with van der Waals surface area (Å²) in [5, 5.41) is 14.7. The first kappa shape index (κ1) is 52.0. The Balaban J connectivity index is 0.918. The molecule has 5 fully saturated rings. The number of esters is 1. The van der Waals surface area contributed by atoms with Crippen LogP contribution < -0.4 is 10.2 Å². The number of likely N-dealkylation sites (tertiary alicyclic amines) is 1. The van der Waals surface area contributed by atoms with E-state index >= 15 is 0 Å². The van der Waals surface area contributed by atoms with E-state index in [-0.39, 0.29) is 63.0 Å². The first-order valence-electron chi connectivity index (χ1n) is 23.8. The zero-order valence-corrected chi connectivity index (χ0v) is 41.6. The van der Waals surface area contributed by atoms with Crippen LogP contribution in [-0.4, -0.2) is 130 Å². The third kappa shape index (κ3) is 12.0. The van der Waals surface area contributed by atoms with Gasteiger partial charge in [0.25, 0.3) is 11.8 Å². The molecule has 1 aromatic carbocycles. The normalized spacial score (nSPS) is 33.3. The molecule has 0 spiro atoms. The minimum atomic E-state index is -1.63. The molecule has 7 rings (SSSR count). The van der Waals surface area contributed by atoms with Crippen molar-refractivity contribution in [3.05, 3.63) is 52.1 Å². The van der Waals surface area contributed by atoms with Gasteiger partial charge in [0.05, 0.1) is 34.4 Å². The van der Waals surface area contributed by atoms with Crippen molar-refractivity contribution in [1.82, 2.24) is 15.3 Å². The van der Waals surface area contributed by atoms with E-state index in [1.54, 1.807) is 20.9 Å². The smallest absolute Gasteiger partial charge is 0.409 e. The van der Waals surface area contributed by atoms with Crippen LogP contribution in [0.3, 0.4) is 0 Å². The number of aryl methyl sites for hydroxylation is 1. The first-order valence-corrected chi connectivity index (χ1v) is 25.2. The molecule has 376 valence electrons. The Morgan fingerprint density at radius 1 is 0.986 bits per heavy atom. The number of imide groups is 2. The Labute approximate surface area is 411 Å². The maximum atomic E-state index is 14.1. The molecule has 4 saturated heterocycles. The van der Waals surface area contributed by atoms with Gasteiger partial charge in [-0.15, -0.1) is 16.8 Å². The van der Waals surface area contributed by atoms with E-state index in [2.05, 4.69) is 5.32 Å². The molecule has 4 bridgehead atoms. The molecule has 1 aromatic rings. The summed E-state index contributed by atoms with van der Waals surface area (Å²) in [5.41, 5.74) is 0.386. The van der Waals surface area contributed by atoms with E-state index in [0.29, 0.717) is 60.1 Å². The second-order valence-corrected chi connectivity index (χ2v) is 21.2. The summed E-state index contributed by atoms with van der Waals surface area (Å²) >= 11 is 8.13. The molecule has 5 heterocycles. The standard InChI is InChI=1S/C49H63ClN4O14S/c1-27-9-7-10-29(3)49(63)24-35(65-47(62)51-49)30(4)44-48(5,67-44)37(23-40(57)52(6)34-21-32(19-27)20-28(2)43(34)50)66-42(59)26-64-17-8-18-69-36-22-41(58)53(45(36)60)25-31-11-13-33(14-12-31)46(61)68-54-38(55)15-16-39(54)56/h7,9-10,20-21,29-31,33,35-37,44,63H,8,11-19,22-26H2,1-6H3,(H,51,62)/b10-7+,27-9+/t29-,30-,31?,33?,35?,36?,37+,44+,48+,49+/m1/s1. The lowest BCUT2D eigenvalue weighted by Crippen LogP contribution is -2.60. The molecule has 8 atom stereocenters. The van der Waals surface area contributed by atoms with Crippen molar-refractivity contribution >= 4 is 76.6 Å². The van der Waals surface area contributed by atoms with E-state index in [4.69, 9.17) is 35.4 Å². The SMILES string of the molecule is C/C1=C\C=C\[C@@H](C)[C@@]2(O)CC(OC(=O)N2)[C@@H](C)[C@@H]2O[C@@]2(C)[C@@H](OC(=O)COCCCSC2CC(=O)N(CC3CCC(C(=O)ON4C(=O)CCC4=O)CC3)C2=O)CC(=O)N(C)c2cc(cc(C)c2Cl)C1. The maximum absolute atomic E-state index is 14.1. The fraction of sp³-hybridized carbons (Fsp3) is 0.633. The summed E-state index contributed by atoms with van der Waals surface area (Å²) in [6, 6.07) is 3.82. The van der Waals surface area contributed by atoms with Crippen molar-refractivity contribution in [3.63, 3.8) is 0 Å². The Hall–Kier alpha value is -4.82. The number of allylic oxidation sites excluding steroid dienone is 3. The molecule has 1 aliphatic carbocycles. The van der Waals surface area contributed by atoms with Crippen molar-refractivity contribution in [2.75, 3.05) is 37.5 Å². The zero-order valence-electron chi connectivity index (χ0n) is 40.0.